The zero-order chi connectivity index (χ0) is 10.8. The van der Waals surface area contributed by atoms with Crippen molar-refractivity contribution in [1.82, 2.24) is 10.3 Å². The maximum atomic E-state index is 4.64. The molecule has 2 rings (SSSR count). The van der Waals surface area contributed by atoms with Crippen LogP contribution in [0.3, 0.4) is 0 Å². The van der Waals surface area contributed by atoms with E-state index in [2.05, 4.69) is 36.0 Å². The minimum Gasteiger partial charge on any atom is -0.344 e. The number of thiazole rings is 1. The Morgan fingerprint density at radius 3 is 2.80 bits per heavy atom. The summed E-state index contributed by atoms with van der Waals surface area (Å²) in [6, 6.07) is 0.639. The largest absolute Gasteiger partial charge is 0.344 e. The van der Waals surface area contributed by atoms with Crippen LogP contribution in [0.25, 0.3) is 0 Å². The highest BCUT2D eigenvalue weighted by Crippen LogP contribution is 2.27. The summed E-state index contributed by atoms with van der Waals surface area (Å²) in [6.07, 6.45) is 1.24. The number of nitrogens with one attached hydrogen (secondary N) is 1. The summed E-state index contributed by atoms with van der Waals surface area (Å²) in [5.74, 6) is 0. The highest BCUT2D eigenvalue weighted by Gasteiger charge is 2.23. The summed E-state index contributed by atoms with van der Waals surface area (Å²) >= 11 is 1.82. The first kappa shape index (κ1) is 10.9. The van der Waals surface area contributed by atoms with E-state index in [0.29, 0.717) is 6.04 Å². The number of rotatable bonds is 3. The number of anilines is 1. The SMILES string of the molecule is CCN(c1nc(C)c(C)s1)C1CCNC1. The van der Waals surface area contributed by atoms with Crippen molar-refractivity contribution < 1.29 is 0 Å². The Kier molecular flexibility index (Phi) is 3.26. The molecule has 0 aromatic carbocycles. The van der Waals surface area contributed by atoms with Crippen molar-refractivity contribution in [3.05, 3.63) is 10.6 Å². The molecule has 1 atom stereocenters. The molecular weight excluding hydrogens is 206 g/mol. The van der Waals surface area contributed by atoms with Gasteiger partial charge >= 0.3 is 0 Å². The Morgan fingerprint density at radius 2 is 2.33 bits per heavy atom. The zero-order valence-corrected chi connectivity index (χ0v) is 10.5. The monoisotopic (exact) mass is 225 g/mol. The lowest BCUT2D eigenvalue weighted by atomic mass is 10.2. The Balaban J connectivity index is 2.18. The van der Waals surface area contributed by atoms with Gasteiger partial charge in [-0.15, -0.1) is 11.3 Å². The Morgan fingerprint density at radius 1 is 1.53 bits per heavy atom. The van der Waals surface area contributed by atoms with Gasteiger partial charge in [0, 0.05) is 24.0 Å². The minimum atomic E-state index is 0.639. The molecule has 0 spiro atoms. The van der Waals surface area contributed by atoms with Crippen molar-refractivity contribution in [2.75, 3.05) is 24.5 Å². The average Bonchev–Trinajstić information content (AvgIpc) is 2.80. The van der Waals surface area contributed by atoms with Gasteiger partial charge in [0.2, 0.25) is 0 Å². The zero-order valence-electron chi connectivity index (χ0n) is 9.71. The van der Waals surface area contributed by atoms with Gasteiger partial charge in [0.05, 0.1) is 5.69 Å². The highest BCUT2D eigenvalue weighted by molar-refractivity contribution is 7.15. The van der Waals surface area contributed by atoms with Crippen LogP contribution in [0.2, 0.25) is 0 Å². The van der Waals surface area contributed by atoms with Crippen LogP contribution in [0, 0.1) is 13.8 Å². The fourth-order valence-electron chi connectivity index (χ4n) is 2.03. The highest BCUT2D eigenvalue weighted by atomic mass is 32.1. The lowest BCUT2D eigenvalue weighted by molar-refractivity contribution is 0.646. The minimum absolute atomic E-state index is 0.639. The fraction of sp³-hybridized carbons (Fsp3) is 0.727. The summed E-state index contributed by atoms with van der Waals surface area (Å²) < 4.78 is 0. The van der Waals surface area contributed by atoms with Crippen molar-refractivity contribution >= 4 is 16.5 Å². The van der Waals surface area contributed by atoms with E-state index in [4.69, 9.17) is 0 Å². The van der Waals surface area contributed by atoms with Crippen molar-refractivity contribution in [1.29, 1.82) is 0 Å². The van der Waals surface area contributed by atoms with Gasteiger partial charge in [-0.1, -0.05) is 0 Å². The molecule has 2 heterocycles. The van der Waals surface area contributed by atoms with E-state index in [9.17, 15) is 0 Å². The normalized spacial score (nSPS) is 20.9. The van der Waals surface area contributed by atoms with Crippen molar-refractivity contribution in [2.45, 2.75) is 33.2 Å². The second-order valence-corrected chi connectivity index (χ2v) is 5.25. The summed E-state index contributed by atoms with van der Waals surface area (Å²) in [5.41, 5.74) is 1.18. The van der Waals surface area contributed by atoms with Gasteiger partial charge in [-0.25, -0.2) is 4.98 Å². The molecule has 84 valence electrons. The van der Waals surface area contributed by atoms with Gasteiger partial charge in [-0.3, -0.25) is 0 Å². The number of hydrogen-bond donors (Lipinski definition) is 1. The van der Waals surface area contributed by atoms with Crippen LogP contribution >= 0.6 is 11.3 Å². The third-order valence-corrected chi connectivity index (χ3v) is 4.19. The van der Waals surface area contributed by atoms with E-state index in [1.807, 2.05) is 11.3 Å². The van der Waals surface area contributed by atoms with Gasteiger partial charge < -0.3 is 10.2 Å². The molecule has 1 aromatic heterocycles. The maximum absolute atomic E-state index is 4.64. The fourth-order valence-corrected chi connectivity index (χ4v) is 3.08. The second kappa shape index (κ2) is 4.49. The van der Waals surface area contributed by atoms with Crippen LogP contribution in [0.1, 0.15) is 23.9 Å². The van der Waals surface area contributed by atoms with Crippen molar-refractivity contribution in [2.24, 2.45) is 0 Å². The average molecular weight is 225 g/mol. The third kappa shape index (κ3) is 2.16. The summed E-state index contributed by atoms with van der Waals surface area (Å²) in [4.78, 5) is 8.42. The molecule has 1 aliphatic rings. The predicted octanol–water partition coefficient (Wildman–Crippen LogP) is 1.95. The first-order chi connectivity index (χ1) is 7.22. The molecule has 0 saturated carbocycles. The summed E-state index contributed by atoms with van der Waals surface area (Å²) in [6.45, 7) is 9.76. The first-order valence-electron chi connectivity index (χ1n) is 5.63. The first-order valence-corrected chi connectivity index (χ1v) is 6.45. The van der Waals surface area contributed by atoms with E-state index in [0.717, 1.165) is 19.6 Å². The van der Waals surface area contributed by atoms with Gasteiger partial charge in [-0.2, -0.15) is 0 Å². The number of hydrogen-bond acceptors (Lipinski definition) is 4. The van der Waals surface area contributed by atoms with E-state index >= 15 is 0 Å². The van der Waals surface area contributed by atoms with Crippen LogP contribution in [0.5, 0.6) is 0 Å². The molecule has 1 aromatic rings. The molecule has 3 nitrogen and oxygen atoms in total. The summed E-state index contributed by atoms with van der Waals surface area (Å²) in [5, 5.41) is 4.61. The molecule has 0 amide bonds. The molecule has 1 saturated heterocycles. The molecule has 0 radical (unpaired) electrons. The lowest BCUT2D eigenvalue weighted by Gasteiger charge is -2.26. The predicted molar refractivity (Wildman–Crippen MR) is 65.9 cm³/mol. The quantitative estimate of drug-likeness (QED) is 0.852. The topological polar surface area (TPSA) is 28.2 Å². The van der Waals surface area contributed by atoms with Crippen LogP contribution in [-0.4, -0.2) is 30.7 Å². The number of nitrogens with zero attached hydrogens (tertiary/aromatic N) is 2. The number of aromatic nitrogens is 1. The van der Waals surface area contributed by atoms with Crippen molar-refractivity contribution in [3.63, 3.8) is 0 Å². The number of likely N-dealkylation sites (N-methyl/N-ethyl adjacent to an activating group) is 1. The molecule has 1 unspecified atom stereocenters. The van der Waals surface area contributed by atoms with Crippen LogP contribution in [-0.2, 0) is 0 Å². The van der Waals surface area contributed by atoms with Gasteiger partial charge in [0.15, 0.2) is 5.13 Å². The van der Waals surface area contributed by atoms with Crippen LogP contribution in [0.4, 0.5) is 5.13 Å². The van der Waals surface area contributed by atoms with E-state index < -0.39 is 0 Å². The van der Waals surface area contributed by atoms with Crippen LogP contribution in [0.15, 0.2) is 0 Å². The van der Waals surface area contributed by atoms with E-state index in [-0.39, 0.29) is 0 Å². The van der Waals surface area contributed by atoms with Crippen LogP contribution < -0.4 is 10.2 Å². The smallest absolute Gasteiger partial charge is 0.186 e. The van der Waals surface area contributed by atoms with E-state index in [1.165, 1.54) is 22.1 Å². The molecular formula is C11H19N3S. The molecule has 0 aliphatic carbocycles. The standard InChI is InChI=1S/C11H19N3S/c1-4-14(10-5-6-12-7-10)11-13-8(2)9(3)15-11/h10,12H,4-7H2,1-3H3. The molecule has 1 fully saturated rings. The summed E-state index contributed by atoms with van der Waals surface area (Å²) in [7, 11) is 0. The maximum Gasteiger partial charge on any atom is 0.186 e. The Hall–Kier alpha value is -0.610. The Labute approximate surface area is 95.5 Å². The second-order valence-electron chi connectivity index (χ2n) is 4.07. The third-order valence-electron chi connectivity index (χ3n) is 3.08. The van der Waals surface area contributed by atoms with Gasteiger partial charge in [0.1, 0.15) is 0 Å². The molecule has 0 bridgehead atoms. The molecule has 1 aliphatic heterocycles. The van der Waals surface area contributed by atoms with Gasteiger partial charge in [0.25, 0.3) is 0 Å². The number of aryl methyl sites for hydroxylation is 2. The Bertz CT molecular complexity index is 309. The lowest BCUT2D eigenvalue weighted by Crippen LogP contribution is -2.36. The van der Waals surface area contributed by atoms with Crippen molar-refractivity contribution in [3.8, 4) is 0 Å². The molecule has 4 heteroatoms. The van der Waals surface area contributed by atoms with Gasteiger partial charge in [-0.05, 0) is 33.7 Å². The molecule has 1 N–H and O–H groups in total. The van der Waals surface area contributed by atoms with E-state index in [1.54, 1.807) is 0 Å². The molecule has 15 heavy (non-hydrogen) atoms.